The maximum Gasteiger partial charge on any atom is 0.336 e. The van der Waals surface area contributed by atoms with Crippen molar-refractivity contribution in [3.05, 3.63) is 59.7 Å². The number of nitrogens with one attached hydrogen (secondary N) is 2. The molecule has 1 saturated heterocycles. The van der Waals surface area contributed by atoms with Gasteiger partial charge in [-0.3, -0.25) is 4.99 Å². The highest BCUT2D eigenvalue weighted by molar-refractivity contribution is 7.99. The van der Waals surface area contributed by atoms with Gasteiger partial charge in [-0.1, -0.05) is 30.3 Å². The van der Waals surface area contributed by atoms with E-state index in [1.807, 2.05) is 42.1 Å². The molecule has 1 fully saturated rings. The molecule has 2 aromatic carbocycles. The zero-order chi connectivity index (χ0) is 18.0. The molecule has 0 saturated carbocycles. The molecule has 2 aromatic rings. The molecule has 2 aliphatic heterocycles. The van der Waals surface area contributed by atoms with Crippen molar-refractivity contribution in [2.45, 2.75) is 24.9 Å². The standard InChI is InChI=1S/C20H21N3O2S/c24-18(25)15-6-2-1-5-14(15)13-21-19-20(9-11-26-12-10-20)23-17-8-4-3-7-16(17)22-19/h1-8,23H,9-13H2,(H,21,22)(H,24,25). The van der Waals surface area contributed by atoms with E-state index in [-0.39, 0.29) is 5.54 Å². The third-order valence-electron chi connectivity index (χ3n) is 5.01. The molecule has 0 unspecified atom stereocenters. The lowest BCUT2D eigenvalue weighted by Gasteiger charge is -2.43. The summed E-state index contributed by atoms with van der Waals surface area (Å²) in [6.07, 6.45) is 2.00. The number of carbonyl (C=O) groups is 1. The van der Waals surface area contributed by atoms with Crippen LogP contribution in [0.2, 0.25) is 0 Å². The SMILES string of the molecule is O=C(O)c1ccccc1CN=C1Nc2ccccc2NC12CCSCC2. The van der Waals surface area contributed by atoms with Gasteiger partial charge in [-0.15, -0.1) is 0 Å². The lowest BCUT2D eigenvalue weighted by molar-refractivity contribution is 0.0695. The van der Waals surface area contributed by atoms with Crippen molar-refractivity contribution in [3.63, 3.8) is 0 Å². The predicted octanol–water partition coefficient (Wildman–Crippen LogP) is 4.09. The monoisotopic (exact) mass is 367 g/mol. The minimum atomic E-state index is -0.912. The van der Waals surface area contributed by atoms with Crippen molar-refractivity contribution in [1.29, 1.82) is 0 Å². The first-order valence-electron chi connectivity index (χ1n) is 8.76. The van der Waals surface area contributed by atoms with Crippen molar-refractivity contribution in [2.75, 3.05) is 22.1 Å². The lowest BCUT2D eigenvalue weighted by atomic mass is 9.87. The quantitative estimate of drug-likeness (QED) is 0.762. The number of benzene rings is 2. The van der Waals surface area contributed by atoms with Crippen LogP contribution in [0, 0.1) is 0 Å². The van der Waals surface area contributed by atoms with Crippen LogP contribution in [0.5, 0.6) is 0 Å². The van der Waals surface area contributed by atoms with Gasteiger partial charge in [0.15, 0.2) is 0 Å². The molecule has 134 valence electrons. The third kappa shape index (κ3) is 3.17. The Labute approximate surface area is 156 Å². The van der Waals surface area contributed by atoms with Crippen molar-refractivity contribution in [2.24, 2.45) is 4.99 Å². The van der Waals surface area contributed by atoms with Crippen molar-refractivity contribution < 1.29 is 9.90 Å². The molecule has 0 radical (unpaired) electrons. The van der Waals surface area contributed by atoms with Crippen LogP contribution in [-0.4, -0.2) is 34.0 Å². The molecular weight excluding hydrogens is 346 g/mol. The molecule has 2 aliphatic rings. The summed E-state index contributed by atoms with van der Waals surface area (Å²) >= 11 is 1.97. The van der Waals surface area contributed by atoms with Gasteiger partial charge >= 0.3 is 5.97 Å². The number of hydrogen-bond donors (Lipinski definition) is 3. The smallest absolute Gasteiger partial charge is 0.336 e. The summed E-state index contributed by atoms with van der Waals surface area (Å²) in [5.41, 5.74) is 2.96. The Morgan fingerprint density at radius 1 is 1.08 bits per heavy atom. The highest BCUT2D eigenvalue weighted by Gasteiger charge is 2.41. The number of nitrogens with zero attached hydrogens (tertiary/aromatic N) is 1. The van der Waals surface area contributed by atoms with Gasteiger partial charge in [-0.2, -0.15) is 11.8 Å². The van der Waals surface area contributed by atoms with E-state index in [1.54, 1.807) is 12.1 Å². The van der Waals surface area contributed by atoms with E-state index in [1.165, 1.54) is 0 Å². The van der Waals surface area contributed by atoms with Gasteiger partial charge in [0.1, 0.15) is 5.84 Å². The van der Waals surface area contributed by atoms with E-state index < -0.39 is 5.97 Å². The first-order valence-corrected chi connectivity index (χ1v) is 9.91. The van der Waals surface area contributed by atoms with Crippen LogP contribution in [0.1, 0.15) is 28.8 Å². The molecule has 3 N–H and O–H groups in total. The van der Waals surface area contributed by atoms with Gasteiger partial charge in [-0.25, -0.2) is 4.79 Å². The number of carboxylic acid groups (broad SMARTS) is 1. The second-order valence-corrected chi connectivity index (χ2v) is 7.84. The Balaban J connectivity index is 1.69. The fourth-order valence-electron chi connectivity index (χ4n) is 3.57. The molecule has 2 heterocycles. The summed E-state index contributed by atoms with van der Waals surface area (Å²) in [4.78, 5) is 16.3. The second kappa shape index (κ2) is 7.03. The van der Waals surface area contributed by atoms with Crippen LogP contribution in [0.15, 0.2) is 53.5 Å². The highest BCUT2D eigenvalue weighted by Crippen LogP contribution is 2.38. The number of rotatable bonds is 3. The van der Waals surface area contributed by atoms with Gasteiger partial charge in [0, 0.05) is 0 Å². The maximum atomic E-state index is 11.5. The molecule has 0 aromatic heterocycles. The van der Waals surface area contributed by atoms with Crippen LogP contribution in [0.4, 0.5) is 11.4 Å². The van der Waals surface area contributed by atoms with Gasteiger partial charge in [0.05, 0.1) is 29.0 Å². The Morgan fingerprint density at radius 2 is 1.77 bits per heavy atom. The van der Waals surface area contributed by atoms with Gasteiger partial charge in [0.25, 0.3) is 0 Å². The number of para-hydroxylation sites is 2. The summed E-state index contributed by atoms with van der Waals surface area (Å²) in [6, 6.07) is 15.2. The molecule has 5 nitrogen and oxygen atoms in total. The largest absolute Gasteiger partial charge is 0.478 e. The van der Waals surface area contributed by atoms with E-state index in [0.29, 0.717) is 12.1 Å². The summed E-state index contributed by atoms with van der Waals surface area (Å²) in [5, 5.41) is 16.6. The minimum Gasteiger partial charge on any atom is -0.478 e. The fourth-order valence-corrected chi connectivity index (χ4v) is 4.76. The first-order chi connectivity index (χ1) is 12.7. The predicted molar refractivity (Wildman–Crippen MR) is 108 cm³/mol. The third-order valence-corrected chi connectivity index (χ3v) is 5.99. The highest BCUT2D eigenvalue weighted by atomic mass is 32.2. The Hall–Kier alpha value is -2.47. The number of thioether (sulfide) groups is 1. The summed E-state index contributed by atoms with van der Waals surface area (Å²) in [7, 11) is 0. The molecule has 0 bridgehead atoms. The van der Waals surface area contributed by atoms with Gasteiger partial charge < -0.3 is 15.7 Å². The minimum absolute atomic E-state index is 0.197. The second-order valence-electron chi connectivity index (χ2n) is 6.62. The number of amidine groups is 1. The molecule has 0 atom stereocenters. The topological polar surface area (TPSA) is 73.7 Å². The van der Waals surface area contributed by atoms with E-state index in [0.717, 1.165) is 47.1 Å². The molecule has 4 rings (SSSR count). The van der Waals surface area contributed by atoms with Crippen LogP contribution in [0.3, 0.4) is 0 Å². The normalized spacial score (nSPS) is 19.5. The molecule has 1 spiro atoms. The van der Waals surface area contributed by atoms with Gasteiger partial charge in [-0.05, 0) is 48.1 Å². The Bertz CT molecular complexity index is 860. The first kappa shape index (κ1) is 17.0. The van der Waals surface area contributed by atoms with E-state index >= 15 is 0 Å². The molecule has 0 aliphatic carbocycles. The zero-order valence-corrected chi connectivity index (χ0v) is 15.2. The van der Waals surface area contributed by atoms with Crippen LogP contribution in [0.25, 0.3) is 0 Å². The molecule has 0 amide bonds. The molecule has 26 heavy (non-hydrogen) atoms. The zero-order valence-electron chi connectivity index (χ0n) is 14.4. The molecular formula is C20H21N3O2S. The summed E-state index contributed by atoms with van der Waals surface area (Å²) in [6.45, 7) is 0.351. The van der Waals surface area contributed by atoms with Crippen molar-refractivity contribution in [1.82, 2.24) is 0 Å². The van der Waals surface area contributed by atoms with Crippen LogP contribution < -0.4 is 10.6 Å². The Morgan fingerprint density at radius 3 is 2.54 bits per heavy atom. The number of hydrogen-bond acceptors (Lipinski definition) is 4. The summed E-state index contributed by atoms with van der Waals surface area (Å²) < 4.78 is 0. The number of aliphatic imine (C=N–C) groups is 1. The van der Waals surface area contributed by atoms with Gasteiger partial charge in [0.2, 0.25) is 0 Å². The van der Waals surface area contributed by atoms with E-state index in [2.05, 4.69) is 16.7 Å². The van der Waals surface area contributed by atoms with E-state index in [9.17, 15) is 9.90 Å². The number of aromatic carboxylic acids is 1. The maximum absolute atomic E-state index is 11.5. The van der Waals surface area contributed by atoms with Crippen LogP contribution in [-0.2, 0) is 6.54 Å². The lowest BCUT2D eigenvalue weighted by Crippen LogP contribution is -2.54. The average Bonchev–Trinajstić information content (AvgIpc) is 2.67. The fraction of sp³-hybridized carbons (Fsp3) is 0.300. The van der Waals surface area contributed by atoms with Crippen LogP contribution >= 0.6 is 11.8 Å². The van der Waals surface area contributed by atoms with Crippen molar-refractivity contribution >= 4 is 34.9 Å². The number of carboxylic acids is 1. The summed E-state index contributed by atoms with van der Waals surface area (Å²) in [5.74, 6) is 2.17. The number of fused-ring (bicyclic) bond motifs is 1. The Kier molecular flexibility index (Phi) is 4.59. The molecule has 6 heteroatoms. The van der Waals surface area contributed by atoms with E-state index in [4.69, 9.17) is 4.99 Å². The van der Waals surface area contributed by atoms with Crippen molar-refractivity contribution in [3.8, 4) is 0 Å². The average molecular weight is 367 g/mol. The number of anilines is 2.